The topological polar surface area (TPSA) is 107 Å². The number of aromatic nitrogens is 3. The Morgan fingerprint density at radius 2 is 2.30 bits per heavy atom. The van der Waals surface area contributed by atoms with Crippen LogP contribution in [0.3, 0.4) is 0 Å². The first-order valence-electron chi connectivity index (χ1n) is 6.32. The molecule has 2 aromatic heterocycles. The third-order valence-electron chi connectivity index (χ3n) is 2.71. The van der Waals surface area contributed by atoms with E-state index in [4.69, 9.17) is 15.0 Å². The Morgan fingerprint density at radius 3 is 2.95 bits per heavy atom. The standard InChI is InChI=1S/C13H18N4O3/c1-8(2)19-7-13(3,14)12-16-11(20-17-12)9-6-15-5-4-10(9)18/h4-6,8H,7,14H2,1-3H3,(H,15,18). The number of nitrogens with one attached hydrogen (secondary N) is 1. The van der Waals surface area contributed by atoms with E-state index in [-0.39, 0.29) is 24.0 Å². The first-order chi connectivity index (χ1) is 9.40. The van der Waals surface area contributed by atoms with Crippen LogP contribution in [0.25, 0.3) is 11.5 Å². The van der Waals surface area contributed by atoms with E-state index in [1.165, 1.54) is 18.5 Å². The molecule has 0 aliphatic carbocycles. The molecule has 0 aliphatic heterocycles. The summed E-state index contributed by atoms with van der Waals surface area (Å²) in [7, 11) is 0. The van der Waals surface area contributed by atoms with Gasteiger partial charge in [-0.2, -0.15) is 4.98 Å². The zero-order valence-corrected chi connectivity index (χ0v) is 11.7. The largest absolute Gasteiger partial charge is 0.376 e. The summed E-state index contributed by atoms with van der Waals surface area (Å²) in [6, 6.07) is 1.39. The van der Waals surface area contributed by atoms with E-state index in [2.05, 4.69) is 15.1 Å². The monoisotopic (exact) mass is 278 g/mol. The predicted octanol–water partition coefficient (Wildman–Crippen LogP) is 1.02. The van der Waals surface area contributed by atoms with Gasteiger partial charge in [0.15, 0.2) is 11.3 Å². The molecule has 7 nitrogen and oxygen atoms in total. The van der Waals surface area contributed by atoms with Crippen molar-refractivity contribution in [1.29, 1.82) is 0 Å². The SMILES string of the molecule is CC(C)OCC(C)(N)c1noc(-c2c[nH]ccc2=O)n1. The van der Waals surface area contributed by atoms with Crippen LogP contribution in [0.1, 0.15) is 26.6 Å². The maximum atomic E-state index is 11.7. The Labute approximate surface area is 116 Å². The van der Waals surface area contributed by atoms with Gasteiger partial charge in [0.1, 0.15) is 11.1 Å². The predicted molar refractivity (Wildman–Crippen MR) is 73.0 cm³/mol. The molecule has 20 heavy (non-hydrogen) atoms. The summed E-state index contributed by atoms with van der Waals surface area (Å²) in [4.78, 5) is 18.7. The molecule has 0 saturated heterocycles. The number of pyridine rings is 1. The molecule has 0 aromatic carbocycles. The summed E-state index contributed by atoms with van der Waals surface area (Å²) >= 11 is 0. The molecule has 0 fully saturated rings. The number of aromatic amines is 1. The van der Waals surface area contributed by atoms with Gasteiger partial charge in [-0.1, -0.05) is 5.16 Å². The minimum atomic E-state index is -0.881. The van der Waals surface area contributed by atoms with Crippen molar-refractivity contribution in [2.24, 2.45) is 5.73 Å². The maximum Gasteiger partial charge on any atom is 0.263 e. The molecule has 0 aliphatic rings. The second-order valence-electron chi connectivity index (χ2n) is 5.12. The van der Waals surface area contributed by atoms with Crippen LogP contribution in [-0.2, 0) is 10.3 Å². The molecular formula is C13H18N4O3. The van der Waals surface area contributed by atoms with Crippen molar-refractivity contribution in [3.63, 3.8) is 0 Å². The van der Waals surface area contributed by atoms with E-state index in [1.807, 2.05) is 13.8 Å². The second kappa shape index (κ2) is 5.56. The number of ether oxygens (including phenoxy) is 1. The molecule has 2 heterocycles. The molecule has 3 N–H and O–H groups in total. The highest BCUT2D eigenvalue weighted by atomic mass is 16.5. The van der Waals surface area contributed by atoms with Crippen LogP contribution in [-0.4, -0.2) is 27.8 Å². The van der Waals surface area contributed by atoms with Gasteiger partial charge < -0.3 is 20.0 Å². The Morgan fingerprint density at radius 1 is 1.55 bits per heavy atom. The summed E-state index contributed by atoms with van der Waals surface area (Å²) in [5.74, 6) is 0.444. The molecule has 0 saturated carbocycles. The fraction of sp³-hybridized carbons (Fsp3) is 0.462. The van der Waals surface area contributed by atoms with Crippen molar-refractivity contribution < 1.29 is 9.26 Å². The lowest BCUT2D eigenvalue weighted by atomic mass is 10.1. The van der Waals surface area contributed by atoms with Crippen LogP contribution in [0.15, 0.2) is 27.8 Å². The van der Waals surface area contributed by atoms with Gasteiger partial charge in [0, 0.05) is 18.5 Å². The summed E-state index contributed by atoms with van der Waals surface area (Å²) in [5.41, 5.74) is 5.35. The van der Waals surface area contributed by atoms with Gasteiger partial charge in [-0.05, 0) is 20.8 Å². The average Bonchev–Trinajstić information content (AvgIpc) is 2.87. The van der Waals surface area contributed by atoms with Gasteiger partial charge in [-0.3, -0.25) is 4.79 Å². The third kappa shape index (κ3) is 3.12. The smallest absolute Gasteiger partial charge is 0.263 e. The highest BCUT2D eigenvalue weighted by Crippen LogP contribution is 2.19. The number of hydrogen-bond donors (Lipinski definition) is 2. The van der Waals surface area contributed by atoms with Gasteiger partial charge in [-0.15, -0.1) is 0 Å². The minimum Gasteiger partial charge on any atom is -0.376 e. The average molecular weight is 278 g/mol. The Balaban J connectivity index is 2.25. The van der Waals surface area contributed by atoms with Gasteiger partial charge in [0.05, 0.1) is 12.7 Å². The highest BCUT2D eigenvalue weighted by Gasteiger charge is 2.29. The van der Waals surface area contributed by atoms with Crippen molar-refractivity contribution in [3.05, 3.63) is 34.5 Å². The van der Waals surface area contributed by atoms with Crippen LogP contribution in [0, 0.1) is 0 Å². The molecule has 1 atom stereocenters. The summed E-state index contributed by atoms with van der Waals surface area (Å²) in [5, 5.41) is 3.84. The van der Waals surface area contributed by atoms with Gasteiger partial charge >= 0.3 is 0 Å². The lowest BCUT2D eigenvalue weighted by molar-refractivity contribution is 0.0410. The van der Waals surface area contributed by atoms with Crippen molar-refractivity contribution in [2.75, 3.05) is 6.61 Å². The zero-order chi connectivity index (χ0) is 14.8. The molecule has 0 radical (unpaired) electrons. The zero-order valence-electron chi connectivity index (χ0n) is 11.7. The molecule has 2 rings (SSSR count). The van der Waals surface area contributed by atoms with Gasteiger partial charge in [0.25, 0.3) is 5.89 Å². The minimum absolute atomic E-state index is 0.0567. The molecule has 0 bridgehead atoms. The van der Waals surface area contributed by atoms with E-state index < -0.39 is 5.54 Å². The van der Waals surface area contributed by atoms with Crippen LogP contribution >= 0.6 is 0 Å². The number of rotatable bonds is 5. The first-order valence-corrected chi connectivity index (χ1v) is 6.32. The molecule has 108 valence electrons. The van der Waals surface area contributed by atoms with Crippen molar-refractivity contribution in [3.8, 4) is 11.5 Å². The number of nitrogens with zero attached hydrogens (tertiary/aromatic N) is 2. The van der Waals surface area contributed by atoms with E-state index in [9.17, 15) is 4.79 Å². The quantitative estimate of drug-likeness (QED) is 0.845. The van der Waals surface area contributed by atoms with E-state index in [1.54, 1.807) is 6.92 Å². The lowest BCUT2D eigenvalue weighted by Crippen LogP contribution is -2.40. The van der Waals surface area contributed by atoms with Crippen molar-refractivity contribution >= 4 is 0 Å². The van der Waals surface area contributed by atoms with Gasteiger partial charge in [-0.25, -0.2) is 0 Å². The van der Waals surface area contributed by atoms with Crippen LogP contribution in [0.5, 0.6) is 0 Å². The normalized spacial score (nSPS) is 14.4. The second-order valence-corrected chi connectivity index (χ2v) is 5.12. The fourth-order valence-corrected chi connectivity index (χ4v) is 1.55. The fourth-order valence-electron chi connectivity index (χ4n) is 1.55. The molecular weight excluding hydrogens is 260 g/mol. The molecule has 2 aromatic rings. The van der Waals surface area contributed by atoms with Crippen LogP contribution < -0.4 is 11.2 Å². The first kappa shape index (κ1) is 14.4. The number of H-pyrrole nitrogens is 1. The summed E-state index contributed by atoms with van der Waals surface area (Å²) in [6.07, 6.45) is 3.10. The van der Waals surface area contributed by atoms with Crippen LogP contribution in [0.4, 0.5) is 0 Å². The molecule has 0 amide bonds. The van der Waals surface area contributed by atoms with Crippen LogP contribution in [0.2, 0.25) is 0 Å². The third-order valence-corrected chi connectivity index (χ3v) is 2.71. The summed E-state index contributed by atoms with van der Waals surface area (Å²) in [6.45, 7) is 5.84. The lowest BCUT2D eigenvalue weighted by Gasteiger charge is -2.21. The highest BCUT2D eigenvalue weighted by molar-refractivity contribution is 5.50. The molecule has 7 heteroatoms. The van der Waals surface area contributed by atoms with Gasteiger partial charge in [0.2, 0.25) is 0 Å². The summed E-state index contributed by atoms with van der Waals surface area (Å²) < 4.78 is 10.6. The Hall–Kier alpha value is -1.99. The number of hydrogen-bond acceptors (Lipinski definition) is 6. The van der Waals surface area contributed by atoms with E-state index in [0.29, 0.717) is 11.4 Å². The molecule has 0 spiro atoms. The maximum absolute atomic E-state index is 11.7. The van der Waals surface area contributed by atoms with E-state index >= 15 is 0 Å². The Kier molecular flexibility index (Phi) is 4.01. The molecule has 1 unspecified atom stereocenters. The number of nitrogens with two attached hydrogens (primary N) is 1. The van der Waals surface area contributed by atoms with E-state index in [0.717, 1.165) is 0 Å². The Bertz CT molecular complexity index is 630. The van der Waals surface area contributed by atoms with Crippen molar-refractivity contribution in [1.82, 2.24) is 15.1 Å². The van der Waals surface area contributed by atoms with Crippen molar-refractivity contribution in [2.45, 2.75) is 32.4 Å².